The molecule has 0 atom stereocenters. The Morgan fingerprint density at radius 2 is 1.83 bits per heavy atom. The summed E-state index contributed by atoms with van der Waals surface area (Å²) in [6.07, 6.45) is -0.989. The van der Waals surface area contributed by atoms with Crippen LogP contribution in [0, 0.1) is 5.82 Å². The Bertz CT molecular complexity index is 1170. The molecule has 3 heterocycles. The van der Waals surface area contributed by atoms with Crippen LogP contribution in [0.3, 0.4) is 0 Å². The molecule has 0 aliphatic rings. The lowest BCUT2D eigenvalue weighted by atomic mass is 10.2. The predicted molar refractivity (Wildman–Crippen MR) is 93.4 cm³/mol. The van der Waals surface area contributed by atoms with Gasteiger partial charge in [-0.1, -0.05) is 5.21 Å². The van der Waals surface area contributed by atoms with Crippen LogP contribution in [0.5, 0.6) is 0 Å². The zero-order valence-corrected chi connectivity index (χ0v) is 14.7. The monoisotopic (exact) mass is 418 g/mol. The number of amides is 1. The summed E-state index contributed by atoms with van der Waals surface area (Å²) in [5.41, 5.74) is -2.30. The van der Waals surface area contributed by atoms with Crippen molar-refractivity contribution in [3.63, 3.8) is 0 Å². The lowest BCUT2D eigenvalue weighted by molar-refractivity contribution is -0.143. The second-order valence-corrected chi connectivity index (χ2v) is 5.87. The lowest BCUT2D eigenvalue weighted by Crippen LogP contribution is -2.21. The largest absolute Gasteiger partial charge is 0.435 e. The maximum atomic E-state index is 13.6. The summed E-state index contributed by atoms with van der Waals surface area (Å²) in [7, 11) is 0. The number of aromatic nitrogens is 7. The van der Waals surface area contributed by atoms with Gasteiger partial charge in [0, 0.05) is 0 Å². The SMILES string of the molecule is O=C(Nc1ccc(-n2cncn2)nc1)c1nnn(-c2ccc(F)cc2)c1C(F)(F)F. The van der Waals surface area contributed by atoms with E-state index in [9.17, 15) is 22.4 Å². The Hall–Kier alpha value is -4.16. The molecular weight excluding hydrogens is 408 g/mol. The number of alkyl halides is 3. The third-order valence-electron chi connectivity index (χ3n) is 3.88. The van der Waals surface area contributed by atoms with Crippen LogP contribution in [0.1, 0.15) is 16.2 Å². The Labute approximate surface area is 165 Å². The van der Waals surface area contributed by atoms with Crippen molar-refractivity contribution in [1.82, 2.24) is 34.7 Å². The van der Waals surface area contributed by atoms with Crippen molar-refractivity contribution >= 4 is 11.6 Å². The van der Waals surface area contributed by atoms with Crippen LogP contribution in [-0.4, -0.2) is 40.6 Å². The highest BCUT2D eigenvalue weighted by Crippen LogP contribution is 2.33. The fourth-order valence-electron chi connectivity index (χ4n) is 2.56. The number of carbonyl (C=O) groups excluding carboxylic acids is 1. The maximum Gasteiger partial charge on any atom is 0.435 e. The van der Waals surface area contributed by atoms with Gasteiger partial charge in [-0.2, -0.15) is 18.3 Å². The molecule has 0 aliphatic carbocycles. The second-order valence-electron chi connectivity index (χ2n) is 5.87. The van der Waals surface area contributed by atoms with Crippen LogP contribution in [0.25, 0.3) is 11.5 Å². The van der Waals surface area contributed by atoms with Crippen molar-refractivity contribution in [1.29, 1.82) is 0 Å². The molecular formula is C17H10F4N8O. The van der Waals surface area contributed by atoms with E-state index in [1.165, 1.54) is 35.7 Å². The Balaban J connectivity index is 1.63. The molecule has 0 radical (unpaired) electrons. The first-order valence-corrected chi connectivity index (χ1v) is 8.24. The van der Waals surface area contributed by atoms with Crippen LogP contribution >= 0.6 is 0 Å². The number of nitrogens with one attached hydrogen (secondary N) is 1. The minimum Gasteiger partial charge on any atom is -0.319 e. The van der Waals surface area contributed by atoms with Gasteiger partial charge in [-0.15, -0.1) is 5.10 Å². The van der Waals surface area contributed by atoms with Gasteiger partial charge in [0.2, 0.25) is 0 Å². The number of carbonyl (C=O) groups is 1. The molecule has 0 spiro atoms. The third-order valence-corrected chi connectivity index (χ3v) is 3.88. The smallest absolute Gasteiger partial charge is 0.319 e. The molecule has 152 valence electrons. The van der Waals surface area contributed by atoms with Crippen LogP contribution < -0.4 is 5.32 Å². The number of hydrogen-bond donors (Lipinski definition) is 1. The molecule has 0 saturated carbocycles. The minimum atomic E-state index is -4.94. The highest BCUT2D eigenvalue weighted by Gasteiger charge is 2.42. The average Bonchev–Trinajstić information content (AvgIpc) is 3.39. The summed E-state index contributed by atoms with van der Waals surface area (Å²) in [4.78, 5) is 20.3. The van der Waals surface area contributed by atoms with Crippen LogP contribution in [0.4, 0.5) is 23.2 Å². The molecule has 30 heavy (non-hydrogen) atoms. The topological polar surface area (TPSA) is 103 Å². The fourth-order valence-corrected chi connectivity index (χ4v) is 2.56. The molecule has 0 fully saturated rings. The summed E-state index contributed by atoms with van der Waals surface area (Å²) in [5.74, 6) is -1.37. The summed E-state index contributed by atoms with van der Waals surface area (Å²) in [6.45, 7) is 0. The average molecular weight is 418 g/mol. The molecule has 4 rings (SSSR count). The molecule has 0 unspecified atom stereocenters. The zero-order chi connectivity index (χ0) is 21.3. The van der Waals surface area contributed by atoms with Gasteiger partial charge >= 0.3 is 6.18 Å². The van der Waals surface area contributed by atoms with Crippen LogP contribution in [0.15, 0.2) is 55.2 Å². The van der Waals surface area contributed by atoms with Gasteiger partial charge in [0.05, 0.1) is 17.6 Å². The number of hydrogen-bond acceptors (Lipinski definition) is 6. The van der Waals surface area contributed by atoms with Gasteiger partial charge in [-0.05, 0) is 36.4 Å². The molecule has 9 nitrogen and oxygen atoms in total. The summed E-state index contributed by atoms with van der Waals surface area (Å²) < 4.78 is 55.8. The third kappa shape index (κ3) is 3.72. The molecule has 3 aromatic heterocycles. The number of benzene rings is 1. The van der Waals surface area contributed by atoms with Gasteiger partial charge in [0.15, 0.2) is 17.2 Å². The molecule has 0 aliphatic heterocycles. The summed E-state index contributed by atoms with van der Waals surface area (Å²) in [5, 5.41) is 13.0. The van der Waals surface area contributed by atoms with E-state index in [2.05, 4.69) is 30.7 Å². The first-order chi connectivity index (χ1) is 14.3. The predicted octanol–water partition coefficient (Wildman–Crippen LogP) is 2.65. The van der Waals surface area contributed by atoms with E-state index in [4.69, 9.17) is 0 Å². The van der Waals surface area contributed by atoms with E-state index in [0.29, 0.717) is 10.5 Å². The molecule has 0 saturated heterocycles. The normalized spacial score (nSPS) is 11.5. The number of pyridine rings is 1. The van der Waals surface area contributed by atoms with E-state index < -0.39 is 29.3 Å². The highest BCUT2D eigenvalue weighted by atomic mass is 19.4. The maximum absolute atomic E-state index is 13.6. The van der Waals surface area contributed by atoms with Crippen molar-refractivity contribution in [3.8, 4) is 11.5 Å². The number of anilines is 1. The summed E-state index contributed by atoms with van der Waals surface area (Å²) >= 11 is 0. The molecule has 1 aromatic carbocycles. The van der Waals surface area contributed by atoms with Crippen molar-refractivity contribution in [3.05, 3.63) is 72.5 Å². The Morgan fingerprint density at radius 3 is 2.43 bits per heavy atom. The van der Waals surface area contributed by atoms with Gasteiger partial charge < -0.3 is 5.32 Å². The van der Waals surface area contributed by atoms with E-state index in [1.807, 2.05) is 0 Å². The van der Waals surface area contributed by atoms with Gasteiger partial charge in [-0.3, -0.25) is 4.79 Å². The van der Waals surface area contributed by atoms with Crippen LogP contribution in [-0.2, 0) is 6.18 Å². The Kier molecular flexibility index (Phi) is 4.69. The summed E-state index contributed by atoms with van der Waals surface area (Å²) in [6, 6.07) is 7.05. The van der Waals surface area contributed by atoms with E-state index in [1.54, 1.807) is 0 Å². The quantitative estimate of drug-likeness (QED) is 0.511. The number of halogens is 4. The van der Waals surface area contributed by atoms with Crippen molar-refractivity contribution in [2.75, 3.05) is 5.32 Å². The van der Waals surface area contributed by atoms with Gasteiger partial charge in [-0.25, -0.2) is 23.7 Å². The minimum absolute atomic E-state index is 0.103. The highest BCUT2D eigenvalue weighted by molar-refractivity contribution is 6.03. The van der Waals surface area contributed by atoms with Crippen molar-refractivity contribution < 1.29 is 22.4 Å². The van der Waals surface area contributed by atoms with Crippen molar-refractivity contribution in [2.24, 2.45) is 0 Å². The second kappa shape index (κ2) is 7.35. The van der Waals surface area contributed by atoms with E-state index >= 15 is 0 Å². The Morgan fingerprint density at radius 1 is 1.07 bits per heavy atom. The standard InChI is InChI=1S/C17H10F4N8O/c18-10-1-4-12(5-2-10)29-15(17(19,20)21)14(26-27-29)16(30)25-11-3-6-13(23-7-11)28-9-22-8-24-28/h1-9H,(H,25,30). The molecule has 13 heteroatoms. The lowest BCUT2D eigenvalue weighted by Gasteiger charge is -2.11. The van der Waals surface area contributed by atoms with Gasteiger partial charge in [0.25, 0.3) is 5.91 Å². The molecule has 1 N–H and O–H groups in total. The fraction of sp³-hybridized carbons (Fsp3) is 0.0588. The molecule has 0 bridgehead atoms. The molecule has 1 amide bonds. The van der Waals surface area contributed by atoms with Crippen LogP contribution in [0.2, 0.25) is 0 Å². The van der Waals surface area contributed by atoms with E-state index in [0.717, 1.165) is 24.3 Å². The van der Waals surface area contributed by atoms with Crippen molar-refractivity contribution in [2.45, 2.75) is 6.18 Å². The number of rotatable bonds is 4. The first-order valence-electron chi connectivity index (χ1n) is 8.24. The first kappa shape index (κ1) is 19.2. The van der Waals surface area contributed by atoms with E-state index in [-0.39, 0.29) is 11.4 Å². The van der Waals surface area contributed by atoms with Gasteiger partial charge in [0.1, 0.15) is 18.5 Å². The zero-order valence-electron chi connectivity index (χ0n) is 14.7. The molecule has 4 aromatic rings. The number of nitrogens with zero attached hydrogens (tertiary/aromatic N) is 7.